The number of fused-ring (bicyclic) bond motifs is 15. The van der Waals surface area contributed by atoms with Crippen molar-refractivity contribution in [1.82, 2.24) is 8.80 Å². The van der Waals surface area contributed by atoms with E-state index in [-0.39, 0.29) is 0 Å². The second kappa shape index (κ2) is 11.8. The molecule has 0 N–H and O–H groups in total. The fraction of sp³-hybridized carbons (Fsp3) is 0. The molecule has 0 radical (unpaired) electrons. The molecule has 0 bridgehead atoms. The van der Waals surface area contributed by atoms with Crippen molar-refractivity contribution in [1.29, 1.82) is 0 Å². The van der Waals surface area contributed by atoms with Gasteiger partial charge in [-0.25, -0.2) is 0 Å². The molecule has 0 saturated heterocycles. The minimum atomic E-state index is 1.24. The quantitative estimate of drug-likeness (QED) is 0.158. The Hall–Kier alpha value is -8.20. The fourth-order valence-corrected chi connectivity index (χ4v) is 11.7. The Morgan fingerprint density at radius 3 is 1.08 bits per heavy atom. The first-order valence-corrected chi connectivity index (χ1v) is 21.6. The van der Waals surface area contributed by atoms with Gasteiger partial charge < -0.3 is 8.80 Å². The number of hydrogen-bond acceptors (Lipinski definition) is 0. The SMILES string of the molecule is c1ccc2c(-c3c4cccc(-c5cccc6c7cccc8c9ccccc9n(c56)c87)c4cc4c(-c5cccc6c7cccc8c9ccccc9n(c56)c87)cccc34)cccc2c1. The van der Waals surface area contributed by atoms with Gasteiger partial charge in [0.1, 0.15) is 0 Å². The first-order chi connectivity index (χ1) is 30.8. The summed E-state index contributed by atoms with van der Waals surface area (Å²) in [5, 5.41) is 17.9. The van der Waals surface area contributed by atoms with Crippen molar-refractivity contribution in [3.8, 4) is 33.4 Å². The molecule has 11 aromatic carbocycles. The molecular formula is C60H34N2. The van der Waals surface area contributed by atoms with Gasteiger partial charge in [0, 0.05) is 54.2 Å². The maximum Gasteiger partial charge on any atom is 0.0620 e. The van der Waals surface area contributed by atoms with E-state index in [0.29, 0.717) is 0 Å². The Labute approximate surface area is 355 Å². The van der Waals surface area contributed by atoms with Crippen LogP contribution in [0.1, 0.15) is 0 Å². The maximum absolute atomic E-state index is 2.54. The van der Waals surface area contributed by atoms with Crippen LogP contribution in [0.15, 0.2) is 206 Å². The average molecular weight is 783 g/mol. The van der Waals surface area contributed by atoms with Crippen LogP contribution in [0, 0.1) is 0 Å². The van der Waals surface area contributed by atoms with Crippen LogP contribution in [0.25, 0.3) is 142 Å². The first kappa shape index (κ1) is 32.6. The van der Waals surface area contributed by atoms with E-state index in [2.05, 4.69) is 215 Å². The highest BCUT2D eigenvalue weighted by Crippen LogP contribution is 2.49. The van der Waals surface area contributed by atoms with Gasteiger partial charge in [-0.1, -0.05) is 188 Å². The molecule has 2 nitrogen and oxygen atoms in total. The third-order valence-corrected chi connectivity index (χ3v) is 14.2. The van der Waals surface area contributed by atoms with E-state index < -0.39 is 0 Å². The molecule has 4 aromatic heterocycles. The molecule has 2 heteroatoms. The van der Waals surface area contributed by atoms with Crippen LogP contribution in [-0.4, -0.2) is 8.80 Å². The lowest BCUT2D eigenvalue weighted by Gasteiger charge is -2.19. The molecule has 15 aromatic rings. The monoisotopic (exact) mass is 782 g/mol. The molecule has 0 unspecified atom stereocenters. The van der Waals surface area contributed by atoms with Gasteiger partial charge in [-0.2, -0.15) is 0 Å². The molecule has 0 aliphatic heterocycles. The van der Waals surface area contributed by atoms with Gasteiger partial charge in [0.2, 0.25) is 0 Å². The Bertz CT molecular complexity index is 4140. The van der Waals surface area contributed by atoms with E-state index in [1.807, 2.05) is 0 Å². The smallest absolute Gasteiger partial charge is 0.0620 e. The van der Waals surface area contributed by atoms with Crippen molar-refractivity contribution in [3.63, 3.8) is 0 Å². The van der Waals surface area contributed by atoms with E-state index in [9.17, 15) is 0 Å². The zero-order valence-electron chi connectivity index (χ0n) is 33.5. The summed E-state index contributed by atoms with van der Waals surface area (Å²) < 4.78 is 5.07. The van der Waals surface area contributed by atoms with Gasteiger partial charge >= 0.3 is 0 Å². The molecule has 0 fully saturated rings. The lowest BCUT2D eigenvalue weighted by atomic mass is 9.84. The zero-order valence-corrected chi connectivity index (χ0v) is 33.5. The summed E-state index contributed by atoms with van der Waals surface area (Å²) >= 11 is 0. The summed E-state index contributed by atoms with van der Waals surface area (Å²) in [6, 6.07) is 77.3. The van der Waals surface area contributed by atoms with E-state index in [0.717, 1.165) is 0 Å². The van der Waals surface area contributed by atoms with Crippen molar-refractivity contribution in [2.24, 2.45) is 0 Å². The fourth-order valence-electron chi connectivity index (χ4n) is 11.7. The van der Waals surface area contributed by atoms with Crippen molar-refractivity contribution in [2.75, 3.05) is 0 Å². The molecule has 284 valence electrons. The zero-order chi connectivity index (χ0) is 40.2. The van der Waals surface area contributed by atoms with Gasteiger partial charge in [-0.05, 0) is 72.8 Å². The highest BCUT2D eigenvalue weighted by molar-refractivity contribution is 6.29. The van der Waals surface area contributed by atoms with Crippen molar-refractivity contribution >= 4 is 109 Å². The van der Waals surface area contributed by atoms with Gasteiger partial charge in [0.05, 0.1) is 33.1 Å². The van der Waals surface area contributed by atoms with Crippen LogP contribution in [0.2, 0.25) is 0 Å². The lowest BCUT2D eigenvalue weighted by Crippen LogP contribution is -1.93. The molecule has 4 heterocycles. The number of aromatic nitrogens is 2. The van der Waals surface area contributed by atoms with Crippen LogP contribution in [0.4, 0.5) is 0 Å². The third kappa shape index (κ3) is 4.00. The van der Waals surface area contributed by atoms with Gasteiger partial charge in [-0.3, -0.25) is 0 Å². The first-order valence-electron chi connectivity index (χ1n) is 21.6. The summed E-state index contributed by atoms with van der Waals surface area (Å²) in [5.74, 6) is 0. The Morgan fingerprint density at radius 2 is 0.548 bits per heavy atom. The van der Waals surface area contributed by atoms with Crippen LogP contribution in [0.3, 0.4) is 0 Å². The Kier molecular flexibility index (Phi) is 6.18. The molecule has 62 heavy (non-hydrogen) atoms. The molecule has 0 amide bonds. The molecule has 0 aliphatic carbocycles. The second-order valence-electron chi connectivity index (χ2n) is 17.1. The highest BCUT2D eigenvalue weighted by Gasteiger charge is 2.24. The Morgan fingerprint density at radius 1 is 0.210 bits per heavy atom. The maximum atomic E-state index is 2.54. The van der Waals surface area contributed by atoms with Crippen LogP contribution in [0.5, 0.6) is 0 Å². The van der Waals surface area contributed by atoms with E-state index in [1.165, 1.54) is 142 Å². The summed E-state index contributed by atoms with van der Waals surface area (Å²) in [4.78, 5) is 0. The molecule has 0 spiro atoms. The molecular weight excluding hydrogens is 749 g/mol. The number of nitrogens with zero attached hydrogens (tertiary/aromatic N) is 2. The van der Waals surface area contributed by atoms with Crippen LogP contribution >= 0.6 is 0 Å². The minimum Gasteiger partial charge on any atom is -0.307 e. The predicted octanol–water partition coefficient (Wildman–Crippen LogP) is 16.4. The van der Waals surface area contributed by atoms with Gasteiger partial charge in [0.25, 0.3) is 0 Å². The predicted molar refractivity (Wildman–Crippen MR) is 265 cm³/mol. The third-order valence-electron chi connectivity index (χ3n) is 14.2. The topological polar surface area (TPSA) is 8.82 Å². The highest BCUT2D eigenvalue weighted by atomic mass is 14.9. The van der Waals surface area contributed by atoms with Crippen molar-refractivity contribution < 1.29 is 0 Å². The van der Waals surface area contributed by atoms with E-state index in [1.54, 1.807) is 0 Å². The van der Waals surface area contributed by atoms with Crippen molar-refractivity contribution in [3.05, 3.63) is 206 Å². The summed E-state index contributed by atoms with van der Waals surface area (Å²) in [6.07, 6.45) is 0. The summed E-state index contributed by atoms with van der Waals surface area (Å²) in [5.41, 5.74) is 15.1. The molecule has 15 rings (SSSR count). The second-order valence-corrected chi connectivity index (χ2v) is 17.1. The Balaban J connectivity index is 1.12. The minimum absolute atomic E-state index is 1.24. The number of hydrogen-bond donors (Lipinski definition) is 0. The van der Waals surface area contributed by atoms with Crippen LogP contribution < -0.4 is 0 Å². The summed E-state index contributed by atoms with van der Waals surface area (Å²) in [6.45, 7) is 0. The van der Waals surface area contributed by atoms with Gasteiger partial charge in [0.15, 0.2) is 0 Å². The molecule has 0 atom stereocenters. The lowest BCUT2D eigenvalue weighted by molar-refractivity contribution is 1.37. The number of rotatable bonds is 3. The van der Waals surface area contributed by atoms with E-state index in [4.69, 9.17) is 0 Å². The van der Waals surface area contributed by atoms with E-state index >= 15 is 0 Å². The van der Waals surface area contributed by atoms with Gasteiger partial charge in [-0.15, -0.1) is 0 Å². The summed E-state index contributed by atoms with van der Waals surface area (Å²) in [7, 11) is 0. The van der Waals surface area contributed by atoms with Crippen molar-refractivity contribution in [2.45, 2.75) is 0 Å². The standard InChI is InChI=1S/C60H34N2/c1-2-16-36-35(14-1)15-7-21-41(36)56-42-22-8-19-37(44-24-10-28-48-50-30-12-26-46-39-17-3-5-32-54(39)61(57(44)48)59(46)50)52(42)34-53-38(20-9-23-43(53)56)45-25-11-29-49-51-31-13-27-47-40-18-4-6-33-55(40)62(58(45)49)60(47)51/h1-34H. The number of para-hydroxylation sites is 6. The number of benzene rings is 11. The molecule has 0 saturated carbocycles. The van der Waals surface area contributed by atoms with Crippen LogP contribution in [-0.2, 0) is 0 Å². The molecule has 0 aliphatic rings. The normalized spacial score (nSPS) is 12.5. The average Bonchev–Trinajstić information content (AvgIpc) is 4.07. The largest absolute Gasteiger partial charge is 0.307 e.